The molecule has 0 rings (SSSR count). The normalized spacial score (nSPS) is 15.0. The summed E-state index contributed by atoms with van der Waals surface area (Å²) in [6.45, 7) is 4.79. The molecule has 0 saturated carbocycles. The zero-order chi connectivity index (χ0) is 8.91. The summed E-state index contributed by atoms with van der Waals surface area (Å²) in [5.74, 6) is -1.16. The standard InChI is InChI=1S/C8H14F3/c1-3-4-5-6-7(2)8(9,10)11/h7H,1,3-6H2,2H3. The molecule has 0 spiro atoms. The summed E-state index contributed by atoms with van der Waals surface area (Å²) < 4.78 is 35.6. The van der Waals surface area contributed by atoms with Gasteiger partial charge < -0.3 is 0 Å². The fraction of sp³-hybridized carbons (Fsp3) is 0.875. The Kier molecular flexibility index (Phi) is 4.54. The van der Waals surface area contributed by atoms with Crippen molar-refractivity contribution in [2.45, 2.75) is 38.8 Å². The lowest BCUT2D eigenvalue weighted by Crippen LogP contribution is -2.19. The van der Waals surface area contributed by atoms with Crippen LogP contribution in [0.2, 0.25) is 0 Å². The van der Waals surface area contributed by atoms with Crippen LogP contribution in [0.3, 0.4) is 0 Å². The Hall–Kier alpha value is -0.210. The topological polar surface area (TPSA) is 0 Å². The van der Waals surface area contributed by atoms with Gasteiger partial charge in [0.05, 0.1) is 5.92 Å². The molecule has 0 N–H and O–H groups in total. The number of halogens is 3. The highest BCUT2D eigenvalue weighted by atomic mass is 19.4. The minimum absolute atomic E-state index is 0.235. The van der Waals surface area contributed by atoms with E-state index >= 15 is 0 Å². The van der Waals surface area contributed by atoms with Gasteiger partial charge in [0, 0.05) is 0 Å². The van der Waals surface area contributed by atoms with E-state index in [0.717, 1.165) is 12.8 Å². The summed E-state index contributed by atoms with van der Waals surface area (Å²) in [5, 5.41) is 0. The molecule has 3 heteroatoms. The molecule has 1 atom stereocenters. The molecule has 0 aromatic heterocycles. The van der Waals surface area contributed by atoms with Crippen molar-refractivity contribution in [2.75, 3.05) is 0 Å². The van der Waals surface area contributed by atoms with Crippen LogP contribution < -0.4 is 0 Å². The number of hydrogen-bond acceptors (Lipinski definition) is 0. The van der Waals surface area contributed by atoms with Gasteiger partial charge in [-0.05, 0) is 6.42 Å². The summed E-state index contributed by atoms with van der Waals surface area (Å²) >= 11 is 0. The second-order valence-electron chi connectivity index (χ2n) is 2.79. The van der Waals surface area contributed by atoms with Gasteiger partial charge in [0.25, 0.3) is 0 Å². The Labute approximate surface area is 65.8 Å². The van der Waals surface area contributed by atoms with Crippen molar-refractivity contribution in [3.8, 4) is 0 Å². The maximum atomic E-state index is 11.9. The Bertz CT molecular complexity index is 96.0. The van der Waals surface area contributed by atoms with Crippen molar-refractivity contribution in [1.82, 2.24) is 0 Å². The molecule has 0 saturated heterocycles. The molecule has 0 aliphatic heterocycles. The molecule has 1 unspecified atom stereocenters. The Morgan fingerprint density at radius 2 is 1.82 bits per heavy atom. The monoisotopic (exact) mass is 167 g/mol. The van der Waals surface area contributed by atoms with Gasteiger partial charge in [-0.1, -0.05) is 33.1 Å². The van der Waals surface area contributed by atoms with Crippen LogP contribution in [-0.4, -0.2) is 6.18 Å². The summed E-state index contributed by atoms with van der Waals surface area (Å²) in [4.78, 5) is 0. The lowest BCUT2D eigenvalue weighted by Gasteiger charge is -2.14. The zero-order valence-corrected chi connectivity index (χ0v) is 6.75. The highest BCUT2D eigenvalue weighted by molar-refractivity contribution is 4.61. The van der Waals surface area contributed by atoms with Crippen LogP contribution in [-0.2, 0) is 0 Å². The van der Waals surface area contributed by atoms with Crippen LogP contribution >= 0.6 is 0 Å². The molecular weight excluding hydrogens is 153 g/mol. The quantitative estimate of drug-likeness (QED) is 0.561. The second-order valence-corrected chi connectivity index (χ2v) is 2.79. The van der Waals surface area contributed by atoms with Gasteiger partial charge in [0.2, 0.25) is 0 Å². The number of unbranched alkanes of at least 4 members (excludes halogenated alkanes) is 2. The number of alkyl halides is 3. The molecule has 0 fully saturated rings. The maximum absolute atomic E-state index is 11.9. The van der Waals surface area contributed by atoms with E-state index in [1.165, 1.54) is 6.92 Å². The summed E-state index contributed by atoms with van der Waals surface area (Å²) in [7, 11) is 0. The van der Waals surface area contributed by atoms with Crippen molar-refractivity contribution in [1.29, 1.82) is 0 Å². The molecule has 0 nitrogen and oxygen atoms in total. The van der Waals surface area contributed by atoms with Gasteiger partial charge >= 0.3 is 6.18 Å². The summed E-state index contributed by atoms with van der Waals surface area (Å²) in [6, 6.07) is 0. The smallest absolute Gasteiger partial charge is 0.171 e. The Morgan fingerprint density at radius 3 is 2.18 bits per heavy atom. The number of rotatable bonds is 4. The van der Waals surface area contributed by atoms with Gasteiger partial charge in [0.15, 0.2) is 0 Å². The number of hydrogen-bond donors (Lipinski definition) is 0. The second kappa shape index (κ2) is 4.62. The molecule has 0 aliphatic carbocycles. The highest BCUT2D eigenvalue weighted by Crippen LogP contribution is 2.29. The molecule has 0 aromatic carbocycles. The van der Waals surface area contributed by atoms with E-state index in [1.807, 2.05) is 0 Å². The van der Waals surface area contributed by atoms with Crippen LogP contribution in [0.5, 0.6) is 0 Å². The molecule has 1 radical (unpaired) electrons. The van der Waals surface area contributed by atoms with Gasteiger partial charge in [-0.3, -0.25) is 0 Å². The average Bonchev–Trinajstić information content (AvgIpc) is 1.86. The third-order valence-corrected chi connectivity index (χ3v) is 1.70. The van der Waals surface area contributed by atoms with Crippen molar-refractivity contribution < 1.29 is 13.2 Å². The average molecular weight is 167 g/mol. The fourth-order valence-corrected chi connectivity index (χ4v) is 0.791. The molecule has 0 aliphatic rings. The highest BCUT2D eigenvalue weighted by Gasteiger charge is 2.34. The first kappa shape index (κ1) is 10.8. The molecule has 67 valence electrons. The zero-order valence-electron chi connectivity index (χ0n) is 6.75. The van der Waals surface area contributed by atoms with E-state index < -0.39 is 12.1 Å². The van der Waals surface area contributed by atoms with Crippen LogP contribution in [0.25, 0.3) is 0 Å². The van der Waals surface area contributed by atoms with Crippen LogP contribution in [0.15, 0.2) is 0 Å². The summed E-state index contributed by atoms with van der Waals surface area (Å²) in [5.41, 5.74) is 0. The lowest BCUT2D eigenvalue weighted by molar-refractivity contribution is -0.171. The predicted molar refractivity (Wildman–Crippen MR) is 39.0 cm³/mol. The third kappa shape index (κ3) is 5.10. The van der Waals surface area contributed by atoms with Crippen molar-refractivity contribution in [3.05, 3.63) is 6.92 Å². The predicted octanol–water partition coefficient (Wildman–Crippen LogP) is 3.58. The Balaban J connectivity index is 3.44. The first-order valence-electron chi connectivity index (χ1n) is 3.84. The van der Waals surface area contributed by atoms with E-state index in [4.69, 9.17) is 0 Å². The van der Waals surface area contributed by atoms with E-state index in [1.54, 1.807) is 0 Å². The van der Waals surface area contributed by atoms with Gasteiger partial charge in [-0.2, -0.15) is 13.2 Å². The molecule has 0 aromatic rings. The van der Waals surface area contributed by atoms with Crippen molar-refractivity contribution in [2.24, 2.45) is 5.92 Å². The van der Waals surface area contributed by atoms with Gasteiger partial charge in [-0.25, -0.2) is 0 Å². The maximum Gasteiger partial charge on any atom is 0.391 e. The third-order valence-electron chi connectivity index (χ3n) is 1.70. The molecule has 11 heavy (non-hydrogen) atoms. The van der Waals surface area contributed by atoms with Gasteiger partial charge in [0.1, 0.15) is 0 Å². The van der Waals surface area contributed by atoms with E-state index in [-0.39, 0.29) is 6.42 Å². The first-order valence-corrected chi connectivity index (χ1v) is 3.84. The largest absolute Gasteiger partial charge is 0.391 e. The van der Waals surface area contributed by atoms with Crippen molar-refractivity contribution in [3.63, 3.8) is 0 Å². The summed E-state index contributed by atoms with van der Waals surface area (Å²) in [6.07, 6.45) is -1.63. The van der Waals surface area contributed by atoms with E-state index in [2.05, 4.69) is 6.92 Å². The Morgan fingerprint density at radius 1 is 1.27 bits per heavy atom. The molecule has 0 bridgehead atoms. The van der Waals surface area contributed by atoms with Crippen LogP contribution in [0.4, 0.5) is 13.2 Å². The molecule has 0 amide bonds. The van der Waals surface area contributed by atoms with Crippen molar-refractivity contribution >= 4 is 0 Å². The van der Waals surface area contributed by atoms with Crippen LogP contribution in [0, 0.1) is 12.8 Å². The minimum Gasteiger partial charge on any atom is -0.171 e. The molecular formula is C8H14F3. The SMILES string of the molecule is [CH2]CCCCC(C)C(F)(F)F. The van der Waals surface area contributed by atoms with E-state index in [0.29, 0.717) is 6.42 Å². The van der Waals surface area contributed by atoms with Crippen LogP contribution in [0.1, 0.15) is 32.6 Å². The fourth-order valence-electron chi connectivity index (χ4n) is 0.791. The lowest BCUT2D eigenvalue weighted by atomic mass is 10.0. The first-order chi connectivity index (χ1) is 4.98. The van der Waals surface area contributed by atoms with E-state index in [9.17, 15) is 13.2 Å². The molecule has 0 heterocycles. The minimum atomic E-state index is -4.01. The van der Waals surface area contributed by atoms with Gasteiger partial charge in [-0.15, -0.1) is 0 Å².